The first-order valence-electron chi connectivity index (χ1n) is 6.36. The fourth-order valence-electron chi connectivity index (χ4n) is 2.41. The Bertz CT molecular complexity index is 820. The first-order chi connectivity index (χ1) is 9.47. The zero-order valence-corrected chi connectivity index (χ0v) is 12.4. The summed E-state index contributed by atoms with van der Waals surface area (Å²) >= 11 is 6.08. The maximum absolute atomic E-state index is 6.09. The molecular weight excluding hydrogens is 272 g/mol. The highest BCUT2D eigenvalue weighted by Gasteiger charge is 2.16. The number of hydrogen-bond acceptors (Lipinski definition) is 3. The van der Waals surface area contributed by atoms with E-state index in [-0.39, 0.29) is 0 Å². The number of fused-ring (bicyclic) bond motifs is 1. The van der Waals surface area contributed by atoms with Crippen molar-refractivity contribution in [3.05, 3.63) is 46.2 Å². The summed E-state index contributed by atoms with van der Waals surface area (Å²) in [4.78, 5) is 4.57. The number of benzene rings is 1. The van der Waals surface area contributed by atoms with E-state index in [0.29, 0.717) is 5.82 Å². The third-order valence-electron chi connectivity index (χ3n) is 3.37. The van der Waals surface area contributed by atoms with Crippen molar-refractivity contribution in [2.24, 2.45) is 0 Å². The molecule has 0 aliphatic heterocycles. The number of nitrogens with zero attached hydrogens (tertiary/aromatic N) is 3. The van der Waals surface area contributed by atoms with Crippen LogP contribution in [0.15, 0.2) is 24.3 Å². The summed E-state index contributed by atoms with van der Waals surface area (Å²) in [6, 6.07) is 7.81. The highest BCUT2D eigenvalue weighted by atomic mass is 35.5. The van der Waals surface area contributed by atoms with Crippen molar-refractivity contribution >= 4 is 23.1 Å². The van der Waals surface area contributed by atoms with Crippen LogP contribution in [0.3, 0.4) is 0 Å². The van der Waals surface area contributed by atoms with E-state index in [0.717, 1.165) is 38.7 Å². The van der Waals surface area contributed by atoms with Gasteiger partial charge in [-0.3, -0.25) is 0 Å². The number of aromatic nitrogens is 3. The second-order valence-electron chi connectivity index (χ2n) is 5.00. The molecule has 0 aliphatic rings. The summed E-state index contributed by atoms with van der Waals surface area (Å²) in [7, 11) is 0. The fraction of sp³-hybridized carbons (Fsp3) is 0.200. The zero-order chi connectivity index (χ0) is 14.4. The summed E-state index contributed by atoms with van der Waals surface area (Å²) < 4.78 is 1.78. The Morgan fingerprint density at radius 1 is 1.15 bits per heavy atom. The van der Waals surface area contributed by atoms with Gasteiger partial charge in [0.05, 0.1) is 5.56 Å². The second-order valence-corrected chi connectivity index (χ2v) is 5.41. The number of nitrogens with two attached hydrogens (primary N) is 1. The van der Waals surface area contributed by atoms with Crippen molar-refractivity contribution in [2.75, 3.05) is 5.73 Å². The van der Waals surface area contributed by atoms with Gasteiger partial charge in [-0.15, -0.1) is 5.10 Å². The van der Waals surface area contributed by atoms with E-state index in [2.05, 4.69) is 10.1 Å². The Balaban J connectivity index is 2.35. The van der Waals surface area contributed by atoms with Gasteiger partial charge >= 0.3 is 0 Å². The average Bonchev–Trinajstić information content (AvgIpc) is 2.70. The van der Waals surface area contributed by atoms with Gasteiger partial charge in [-0.2, -0.15) is 0 Å². The Kier molecular flexibility index (Phi) is 2.91. The van der Waals surface area contributed by atoms with E-state index < -0.39 is 0 Å². The SMILES string of the molecule is Cc1cc(C)n2nc(N)c(-c3ccc(Cl)c(C)c3)c2n1. The summed E-state index contributed by atoms with van der Waals surface area (Å²) in [5, 5.41) is 5.12. The van der Waals surface area contributed by atoms with E-state index in [1.807, 2.05) is 45.0 Å². The van der Waals surface area contributed by atoms with Gasteiger partial charge < -0.3 is 5.73 Å². The molecule has 102 valence electrons. The largest absolute Gasteiger partial charge is 0.382 e. The molecule has 3 rings (SSSR count). The minimum absolute atomic E-state index is 0.480. The van der Waals surface area contributed by atoms with Crippen LogP contribution in [-0.4, -0.2) is 14.6 Å². The fourth-order valence-corrected chi connectivity index (χ4v) is 2.53. The average molecular weight is 287 g/mol. The van der Waals surface area contributed by atoms with Gasteiger partial charge in [-0.25, -0.2) is 9.50 Å². The van der Waals surface area contributed by atoms with Crippen molar-refractivity contribution in [2.45, 2.75) is 20.8 Å². The maximum Gasteiger partial charge on any atom is 0.165 e. The van der Waals surface area contributed by atoms with Crippen molar-refractivity contribution in [3.63, 3.8) is 0 Å². The highest BCUT2D eigenvalue weighted by Crippen LogP contribution is 2.32. The van der Waals surface area contributed by atoms with E-state index in [1.165, 1.54) is 0 Å². The molecule has 20 heavy (non-hydrogen) atoms. The Labute approximate surface area is 122 Å². The molecule has 4 nitrogen and oxygen atoms in total. The van der Waals surface area contributed by atoms with Gasteiger partial charge in [0.2, 0.25) is 0 Å². The standard InChI is InChI=1S/C15H15ClN4/c1-8-6-11(4-5-12(8)16)13-14(17)19-20-10(3)7-9(2)18-15(13)20/h4-7H,1-3H3,(H2,17,19). The number of aryl methyl sites for hydroxylation is 3. The molecule has 5 heteroatoms. The topological polar surface area (TPSA) is 56.2 Å². The second kappa shape index (κ2) is 4.49. The zero-order valence-electron chi connectivity index (χ0n) is 11.6. The molecule has 1 aromatic carbocycles. The number of rotatable bonds is 1. The van der Waals surface area contributed by atoms with Gasteiger partial charge in [-0.1, -0.05) is 17.7 Å². The molecule has 2 aromatic heterocycles. The number of anilines is 1. The van der Waals surface area contributed by atoms with Crippen LogP contribution in [-0.2, 0) is 0 Å². The van der Waals surface area contributed by atoms with E-state index in [9.17, 15) is 0 Å². The predicted octanol–water partition coefficient (Wildman–Crippen LogP) is 3.56. The Morgan fingerprint density at radius 2 is 1.90 bits per heavy atom. The van der Waals surface area contributed by atoms with Crippen LogP contribution in [0, 0.1) is 20.8 Å². The lowest BCUT2D eigenvalue weighted by Gasteiger charge is -2.05. The molecule has 0 fully saturated rings. The number of halogens is 1. The van der Waals surface area contributed by atoms with Crippen LogP contribution in [0.2, 0.25) is 5.02 Å². The van der Waals surface area contributed by atoms with Crippen LogP contribution in [0.4, 0.5) is 5.82 Å². The number of hydrogen-bond donors (Lipinski definition) is 1. The van der Waals surface area contributed by atoms with E-state index in [1.54, 1.807) is 4.52 Å². The molecule has 0 saturated heterocycles. The summed E-state index contributed by atoms with van der Waals surface area (Å²) in [6.07, 6.45) is 0. The molecule has 0 bridgehead atoms. The quantitative estimate of drug-likeness (QED) is 0.744. The van der Waals surface area contributed by atoms with Crippen LogP contribution < -0.4 is 5.73 Å². The third-order valence-corrected chi connectivity index (χ3v) is 3.79. The molecule has 0 aliphatic carbocycles. The first kappa shape index (κ1) is 12.9. The third kappa shape index (κ3) is 1.93. The molecule has 3 aromatic rings. The molecule has 0 spiro atoms. The van der Waals surface area contributed by atoms with Gasteiger partial charge in [0.1, 0.15) is 0 Å². The lowest BCUT2D eigenvalue weighted by atomic mass is 10.1. The van der Waals surface area contributed by atoms with Crippen LogP contribution in [0.1, 0.15) is 17.0 Å². The molecule has 0 saturated carbocycles. The molecular formula is C15H15ClN4. The van der Waals surface area contributed by atoms with Gasteiger partial charge in [0.25, 0.3) is 0 Å². The molecule has 0 atom stereocenters. The van der Waals surface area contributed by atoms with Crippen LogP contribution >= 0.6 is 11.6 Å². The monoisotopic (exact) mass is 286 g/mol. The van der Waals surface area contributed by atoms with E-state index in [4.69, 9.17) is 17.3 Å². The number of nitrogen functional groups attached to an aromatic ring is 1. The summed E-state index contributed by atoms with van der Waals surface area (Å²) in [5.41, 5.74) is 11.7. The van der Waals surface area contributed by atoms with E-state index >= 15 is 0 Å². The molecule has 0 amide bonds. The normalized spacial score (nSPS) is 11.2. The van der Waals surface area contributed by atoms with Crippen molar-refractivity contribution < 1.29 is 0 Å². The van der Waals surface area contributed by atoms with Crippen molar-refractivity contribution in [1.82, 2.24) is 14.6 Å². The van der Waals surface area contributed by atoms with Crippen LogP contribution in [0.25, 0.3) is 16.8 Å². The first-order valence-corrected chi connectivity index (χ1v) is 6.74. The smallest absolute Gasteiger partial charge is 0.165 e. The van der Waals surface area contributed by atoms with Crippen molar-refractivity contribution in [1.29, 1.82) is 0 Å². The maximum atomic E-state index is 6.09. The minimum Gasteiger partial charge on any atom is -0.382 e. The minimum atomic E-state index is 0.480. The summed E-state index contributed by atoms with van der Waals surface area (Å²) in [6.45, 7) is 5.93. The van der Waals surface area contributed by atoms with Crippen LogP contribution in [0.5, 0.6) is 0 Å². The lowest BCUT2D eigenvalue weighted by Crippen LogP contribution is -1.97. The van der Waals surface area contributed by atoms with Gasteiger partial charge in [-0.05, 0) is 50.1 Å². The molecule has 0 radical (unpaired) electrons. The van der Waals surface area contributed by atoms with Crippen molar-refractivity contribution in [3.8, 4) is 11.1 Å². The van der Waals surface area contributed by atoms with Gasteiger partial charge in [0.15, 0.2) is 11.5 Å². The molecule has 0 unspecified atom stereocenters. The molecule has 2 heterocycles. The van der Waals surface area contributed by atoms with Gasteiger partial charge in [0, 0.05) is 16.4 Å². The summed E-state index contributed by atoms with van der Waals surface area (Å²) in [5.74, 6) is 0.480. The highest BCUT2D eigenvalue weighted by molar-refractivity contribution is 6.31. The Morgan fingerprint density at radius 3 is 2.60 bits per heavy atom. The molecule has 2 N–H and O–H groups in total. The predicted molar refractivity (Wildman–Crippen MR) is 82.1 cm³/mol. The lowest BCUT2D eigenvalue weighted by molar-refractivity contribution is 0.890. The Hall–Kier alpha value is -2.07.